The lowest BCUT2D eigenvalue weighted by Crippen LogP contribution is -2.42. The number of amides is 1. The molecule has 180 valence electrons. The highest BCUT2D eigenvalue weighted by Crippen LogP contribution is 2.27. The summed E-state index contributed by atoms with van der Waals surface area (Å²) in [6, 6.07) is 6.88. The predicted octanol–water partition coefficient (Wildman–Crippen LogP) is 4.97. The number of nitrogens with two attached hydrogens (primary N) is 1. The normalized spacial score (nSPS) is 18.5. The Hall–Kier alpha value is -3.49. The Bertz CT molecular complexity index is 1200. The van der Waals surface area contributed by atoms with Crippen molar-refractivity contribution >= 4 is 28.8 Å². The highest BCUT2D eigenvalue weighted by molar-refractivity contribution is 5.81. The summed E-state index contributed by atoms with van der Waals surface area (Å²) < 4.78 is 19.2. The number of carbonyl (C=O) groups excluding carboxylic acids is 1. The number of hydrogen-bond acceptors (Lipinski definition) is 7. The lowest BCUT2D eigenvalue weighted by Gasteiger charge is -2.30. The van der Waals surface area contributed by atoms with Crippen LogP contribution in [0.4, 0.5) is 20.8 Å². The van der Waals surface area contributed by atoms with Crippen LogP contribution in [0.25, 0.3) is 22.3 Å². The number of halogens is 1. The summed E-state index contributed by atoms with van der Waals surface area (Å²) in [5, 5.41) is 6.37. The number of fused-ring (bicyclic) bond motifs is 1. The molecule has 0 unspecified atom stereocenters. The number of alkyl carbamates (subject to hydrolysis) is 1. The fourth-order valence-corrected chi connectivity index (χ4v) is 4.13. The zero-order chi connectivity index (χ0) is 24.5. The van der Waals surface area contributed by atoms with Crippen molar-refractivity contribution in [1.82, 2.24) is 20.3 Å². The first kappa shape index (κ1) is 23.7. The average molecular weight is 467 g/mol. The fraction of sp³-hybridized carbons (Fsp3) is 0.440. The van der Waals surface area contributed by atoms with Crippen LogP contribution < -0.4 is 16.4 Å². The van der Waals surface area contributed by atoms with Gasteiger partial charge in [-0.25, -0.2) is 24.1 Å². The van der Waals surface area contributed by atoms with Gasteiger partial charge in [0.2, 0.25) is 5.95 Å². The monoisotopic (exact) mass is 466 g/mol. The van der Waals surface area contributed by atoms with E-state index in [9.17, 15) is 9.18 Å². The molecule has 1 saturated carbocycles. The molecule has 0 radical (unpaired) electrons. The molecule has 1 aliphatic carbocycles. The molecule has 0 bridgehead atoms. The zero-order valence-corrected chi connectivity index (χ0v) is 20.0. The topological polar surface area (TPSA) is 115 Å². The molecule has 34 heavy (non-hydrogen) atoms. The number of carbonyl (C=O) groups is 1. The smallest absolute Gasteiger partial charge is 0.407 e. The molecule has 4 rings (SSSR count). The summed E-state index contributed by atoms with van der Waals surface area (Å²) in [5.41, 5.74) is 8.79. The van der Waals surface area contributed by atoms with E-state index >= 15 is 0 Å². The first-order valence-corrected chi connectivity index (χ1v) is 11.5. The quantitative estimate of drug-likeness (QED) is 0.465. The first-order chi connectivity index (χ1) is 16.1. The molecule has 0 aliphatic heterocycles. The van der Waals surface area contributed by atoms with Gasteiger partial charge in [0.15, 0.2) is 0 Å². The van der Waals surface area contributed by atoms with Crippen LogP contribution in [-0.4, -0.2) is 38.7 Å². The van der Waals surface area contributed by atoms with Gasteiger partial charge in [-0.2, -0.15) is 0 Å². The van der Waals surface area contributed by atoms with Crippen LogP contribution in [0.5, 0.6) is 0 Å². The highest BCUT2D eigenvalue weighted by Gasteiger charge is 2.25. The molecule has 9 heteroatoms. The molecule has 2 aromatic heterocycles. The van der Waals surface area contributed by atoms with Gasteiger partial charge in [0.25, 0.3) is 0 Å². The van der Waals surface area contributed by atoms with Crippen molar-refractivity contribution in [2.75, 3.05) is 11.1 Å². The first-order valence-electron chi connectivity index (χ1n) is 11.5. The highest BCUT2D eigenvalue weighted by atomic mass is 19.1. The van der Waals surface area contributed by atoms with Gasteiger partial charge in [-0.1, -0.05) is 6.07 Å². The molecular formula is C25H31FN6O2. The minimum Gasteiger partial charge on any atom is -0.444 e. The zero-order valence-electron chi connectivity index (χ0n) is 20.0. The fourth-order valence-electron chi connectivity index (χ4n) is 4.13. The third kappa shape index (κ3) is 5.70. The van der Waals surface area contributed by atoms with E-state index in [2.05, 4.69) is 25.6 Å². The molecule has 1 aliphatic rings. The van der Waals surface area contributed by atoms with Gasteiger partial charge >= 0.3 is 6.09 Å². The molecular weight excluding hydrogens is 435 g/mol. The SMILES string of the molecule is Cc1cc(-c2ccc(N)c(F)c2)nc2cnc(NC3CCC(NC(=O)OC(C)(C)C)CC3)nc12. The molecule has 1 aromatic carbocycles. The Labute approximate surface area is 198 Å². The molecule has 3 aromatic rings. The minimum absolute atomic E-state index is 0.105. The number of benzene rings is 1. The number of pyridine rings is 1. The lowest BCUT2D eigenvalue weighted by molar-refractivity contribution is 0.0492. The van der Waals surface area contributed by atoms with E-state index in [1.807, 2.05) is 33.8 Å². The molecule has 0 atom stereocenters. The van der Waals surface area contributed by atoms with Gasteiger partial charge in [-0.05, 0) is 77.1 Å². The Kier molecular flexibility index (Phi) is 6.54. The number of nitrogen functional groups attached to an aromatic ring is 1. The van der Waals surface area contributed by atoms with E-state index in [-0.39, 0.29) is 23.9 Å². The number of aryl methyl sites for hydroxylation is 1. The third-order valence-electron chi connectivity index (χ3n) is 5.81. The second-order valence-corrected chi connectivity index (χ2v) is 9.83. The van der Waals surface area contributed by atoms with Crippen LogP contribution in [0, 0.1) is 12.7 Å². The van der Waals surface area contributed by atoms with Crippen molar-refractivity contribution in [1.29, 1.82) is 0 Å². The molecule has 1 amide bonds. The van der Waals surface area contributed by atoms with E-state index < -0.39 is 11.4 Å². The Morgan fingerprint density at radius 1 is 1.12 bits per heavy atom. The Balaban J connectivity index is 1.40. The van der Waals surface area contributed by atoms with Gasteiger partial charge in [0.1, 0.15) is 16.9 Å². The number of nitrogens with one attached hydrogen (secondary N) is 2. The van der Waals surface area contributed by atoms with Crippen molar-refractivity contribution in [2.24, 2.45) is 0 Å². The van der Waals surface area contributed by atoms with Crippen molar-refractivity contribution in [3.63, 3.8) is 0 Å². The Morgan fingerprint density at radius 3 is 2.50 bits per heavy atom. The molecule has 2 heterocycles. The van der Waals surface area contributed by atoms with E-state index in [0.717, 1.165) is 36.8 Å². The van der Waals surface area contributed by atoms with E-state index in [1.165, 1.54) is 12.1 Å². The van der Waals surface area contributed by atoms with Gasteiger partial charge in [-0.3, -0.25) is 0 Å². The molecule has 0 spiro atoms. The summed E-state index contributed by atoms with van der Waals surface area (Å²) in [5.74, 6) is 0.0797. The average Bonchev–Trinajstić information content (AvgIpc) is 2.76. The molecule has 8 nitrogen and oxygen atoms in total. The summed E-state index contributed by atoms with van der Waals surface area (Å²) in [4.78, 5) is 25.7. The third-order valence-corrected chi connectivity index (χ3v) is 5.81. The maximum Gasteiger partial charge on any atom is 0.407 e. The summed E-state index contributed by atoms with van der Waals surface area (Å²) in [7, 11) is 0. The van der Waals surface area contributed by atoms with Gasteiger partial charge < -0.3 is 21.1 Å². The maximum absolute atomic E-state index is 13.9. The number of aromatic nitrogens is 3. The minimum atomic E-state index is -0.505. The second-order valence-electron chi connectivity index (χ2n) is 9.83. The van der Waals surface area contributed by atoms with E-state index in [0.29, 0.717) is 22.7 Å². The summed E-state index contributed by atoms with van der Waals surface area (Å²) >= 11 is 0. The number of rotatable bonds is 4. The number of nitrogens with zero attached hydrogens (tertiary/aromatic N) is 3. The largest absolute Gasteiger partial charge is 0.444 e. The summed E-state index contributed by atoms with van der Waals surface area (Å²) in [6.45, 7) is 7.51. The van der Waals surface area contributed by atoms with Crippen LogP contribution in [0.15, 0.2) is 30.5 Å². The van der Waals surface area contributed by atoms with Crippen molar-refractivity contribution < 1.29 is 13.9 Å². The lowest BCUT2D eigenvalue weighted by atomic mass is 9.91. The predicted molar refractivity (Wildman–Crippen MR) is 131 cm³/mol. The van der Waals surface area contributed by atoms with Crippen molar-refractivity contribution in [3.8, 4) is 11.3 Å². The van der Waals surface area contributed by atoms with Gasteiger partial charge in [-0.15, -0.1) is 0 Å². The summed E-state index contributed by atoms with van der Waals surface area (Å²) in [6.07, 6.45) is 4.80. The number of anilines is 2. The van der Waals surface area contributed by atoms with Crippen LogP contribution in [0.3, 0.4) is 0 Å². The van der Waals surface area contributed by atoms with Crippen molar-refractivity contribution in [2.45, 2.75) is 71.1 Å². The van der Waals surface area contributed by atoms with Crippen LogP contribution >= 0.6 is 0 Å². The van der Waals surface area contributed by atoms with E-state index in [1.54, 1.807) is 12.3 Å². The second kappa shape index (κ2) is 9.40. The van der Waals surface area contributed by atoms with Gasteiger partial charge in [0, 0.05) is 17.6 Å². The number of hydrogen-bond donors (Lipinski definition) is 3. The van der Waals surface area contributed by atoms with E-state index in [4.69, 9.17) is 10.5 Å². The van der Waals surface area contributed by atoms with Crippen LogP contribution in [0.1, 0.15) is 52.0 Å². The van der Waals surface area contributed by atoms with Crippen LogP contribution in [-0.2, 0) is 4.74 Å². The molecule has 0 saturated heterocycles. The maximum atomic E-state index is 13.9. The van der Waals surface area contributed by atoms with Gasteiger partial charge in [0.05, 0.1) is 23.1 Å². The molecule has 4 N–H and O–H groups in total. The Morgan fingerprint density at radius 2 is 1.82 bits per heavy atom. The van der Waals surface area contributed by atoms with Crippen LogP contribution in [0.2, 0.25) is 0 Å². The van der Waals surface area contributed by atoms with Crippen molar-refractivity contribution in [3.05, 3.63) is 41.8 Å². The standard InChI is InChI=1S/C25H31FN6O2/c1-14-11-20(15-5-10-19(27)18(26)12-15)31-21-13-28-23(32-22(14)21)29-16-6-8-17(9-7-16)30-24(33)34-25(2,3)4/h5,10-13,16-17H,6-9,27H2,1-4H3,(H,30,33)(H,28,29,32). The molecule has 1 fully saturated rings. The number of ether oxygens (including phenoxy) is 1.